The van der Waals surface area contributed by atoms with Gasteiger partial charge in [-0.1, -0.05) is 24.3 Å². The predicted octanol–water partition coefficient (Wildman–Crippen LogP) is 3.15. The van der Waals surface area contributed by atoms with Crippen molar-refractivity contribution in [2.75, 3.05) is 32.9 Å². The van der Waals surface area contributed by atoms with Gasteiger partial charge in [0.1, 0.15) is 0 Å². The third kappa shape index (κ3) is 4.82. The highest BCUT2D eigenvalue weighted by Crippen LogP contribution is 2.22. The van der Waals surface area contributed by atoms with E-state index in [0.717, 1.165) is 17.1 Å². The van der Waals surface area contributed by atoms with Crippen molar-refractivity contribution in [1.29, 1.82) is 0 Å². The second kappa shape index (κ2) is 9.92. The fourth-order valence-corrected chi connectivity index (χ4v) is 5.49. The van der Waals surface area contributed by atoms with E-state index in [2.05, 4.69) is 0 Å². The molecule has 1 aliphatic rings. The van der Waals surface area contributed by atoms with Crippen LogP contribution in [0.5, 0.6) is 0 Å². The lowest BCUT2D eigenvalue weighted by Crippen LogP contribution is -2.40. The van der Waals surface area contributed by atoms with Crippen LogP contribution in [0.2, 0.25) is 0 Å². The Bertz CT molecular complexity index is 1310. The molecule has 2 aromatic carbocycles. The Balaban J connectivity index is 1.46. The molecule has 178 valence electrons. The predicted molar refractivity (Wildman–Crippen MR) is 126 cm³/mol. The van der Waals surface area contributed by atoms with Crippen molar-refractivity contribution in [1.82, 2.24) is 8.87 Å². The van der Waals surface area contributed by atoms with Gasteiger partial charge in [0, 0.05) is 35.7 Å². The zero-order valence-electron chi connectivity index (χ0n) is 19.1. The van der Waals surface area contributed by atoms with Crippen molar-refractivity contribution in [3.63, 3.8) is 0 Å². The van der Waals surface area contributed by atoms with Gasteiger partial charge in [-0.2, -0.15) is 4.31 Å². The largest absolute Gasteiger partial charge is 0.454 e. The van der Waals surface area contributed by atoms with Crippen molar-refractivity contribution in [3.8, 4) is 5.69 Å². The van der Waals surface area contributed by atoms with Crippen molar-refractivity contribution in [2.24, 2.45) is 0 Å². The molecule has 0 saturated carbocycles. The standard InChI is InChI=1S/C25H26N2O6S/c1-18-15-23(19(2)27(18)21-8-4-3-5-9-21)24(28)17-33-25(29)20-7-6-10-22(16-20)34(30,31)26-11-13-32-14-12-26/h3-10,15-16H,11-14,17H2,1-2H3. The number of hydrogen-bond donors (Lipinski definition) is 0. The summed E-state index contributed by atoms with van der Waals surface area (Å²) in [7, 11) is -3.75. The summed E-state index contributed by atoms with van der Waals surface area (Å²) in [5.74, 6) is -1.09. The average molecular weight is 483 g/mol. The molecule has 1 aromatic heterocycles. The Morgan fingerprint density at radius 3 is 2.38 bits per heavy atom. The Morgan fingerprint density at radius 1 is 0.971 bits per heavy atom. The lowest BCUT2D eigenvalue weighted by Gasteiger charge is -2.26. The Labute approximate surface area is 198 Å². The molecule has 0 bridgehead atoms. The maximum Gasteiger partial charge on any atom is 0.338 e. The first-order valence-corrected chi connectivity index (χ1v) is 12.4. The van der Waals surface area contributed by atoms with E-state index in [9.17, 15) is 18.0 Å². The number of benzene rings is 2. The first kappa shape index (κ1) is 23.9. The summed E-state index contributed by atoms with van der Waals surface area (Å²) < 4.78 is 39.5. The summed E-state index contributed by atoms with van der Waals surface area (Å²) in [4.78, 5) is 25.4. The number of nitrogens with zero attached hydrogens (tertiary/aromatic N) is 2. The van der Waals surface area contributed by atoms with Gasteiger partial charge in [-0.3, -0.25) is 4.79 Å². The number of Topliss-reactive ketones (excluding diaryl/α,β-unsaturated/α-hetero) is 1. The minimum atomic E-state index is -3.75. The topological polar surface area (TPSA) is 94.9 Å². The molecule has 0 unspecified atom stereocenters. The third-order valence-corrected chi connectivity index (χ3v) is 7.65. The minimum Gasteiger partial charge on any atom is -0.454 e. The molecular weight excluding hydrogens is 456 g/mol. The molecular formula is C25H26N2O6S. The molecule has 34 heavy (non-hydrogen) atoms. The van der Waals surface area contributed by atoms with Gasteiger partial charge in [0.25, 0.3) is 0 Å². The molecule has 0 aliphatic carbocycles. The van der Waals surface area contributed by atoms with Crippen LogP contribution in [-0.4, -0.2) is 62.0 Å². The number of aryl methyl sites for hydroxylation is 1. The molecule has 1 fully saturated rings. The zero-order chi connectivity index (χ0) is 24.3. The summed E-state index contributed by atoms with van der Waals surface area (Å²) in [5.41, 5.74) is 3.12. The van der Waals surface area contributed by atoms with Gasteiger partial charge in [0.05, 0.1) is 23.7 Å². The molecule has 0 amide bonds. The summed E-state index contributed by atoms with van der Waals surface area (Å²) in [6.07, 6.45) is 0. The Hall–Kier alpha value is -3.27. The van der Waals surface area contributed by atoms with E-state index < -0.39 is 22.6 Å². The molecule has 9 heteroatoms. The van der Waals surface area contributed by atoms with Crippen LogP contribution in [-0.2, 0) is 19.5 Å². The molecule has 0 atom stereocenters. The van der Waals surface area contributed by atoms with Gasteiger partial charge in [-0.25, -0.2) is 13.2 Å². The molecule has 4 rings (SSSR count). The zero-order valence-corrected chi connectivity index (χ0v) is 19.9. The van der Waals surface area contributed by atoms with Crippen molar-refractivity contribution in [3.05, 3.63) is 83.2 Å². The number of ether oxygens (including phenoxy) is 2. The summed E-state index contributed by atoms with van der Waals surface area (Å²) in [5, 5.41) is 0. The highest BCUT2D eigenvalue weighted by Gasteiger charge is 2.27. The number of sulfonamides is 1. The second-order valence-corrected chi connectivity index (χ2v) is 9.94. The van der Waals surface area contributed by atoms with Gasteiger partial charge >= 0.3 is 5.97 Å². The van der Waals surface area contributed by atoms with Crippen LogP contribution in [0.4, 0.5) is 0 Å². The van der Waals surface area contributed by atoms with E-state index in [1.807, 2.05) is 48.7 Å². The normalized spacial score (nSPS) is 14.6. The highest BCUT2D eigenvalue weighted by atomic mass is 32.2. The van der Waals surface area contributed by atoms with Crippen LogP contribution in [0.1, 0.15) is 32.1 Å². The molecule has 0 radical (unpaired) electrons. The monoisotopic (exact) mass is 482 g/mol. The van der Waals surface area contributed by atoms with Gasteiger partial charge in [0.15, 0.2) is 6.61 Å². The second-order valence-electron chi connectivity index (χ2n) is 8.00. The average Bonchev–Trinajstić information content (AvgIpc) is 3.17. The summed E-state index contributed by atoms with van der Waals surface area (Å²) in [6, 6.07) is 17.1. The molecule has 8 nitrogen and oxygen atoms in total. The maximum absolute atomic E-state index is 12.9. The SMILES string of the molecule is Cc1cc(C(=O)COC(=O)c2cccc(S(=O)(=O)N3CCOCC3)c2)c(C)n1-c1ccccc1. The van der Waals surface area contributed by atoms with E-state index in [0.29, 0.717) is 18.8 Å². The van der Waals surface area contributed by atoms with Crippen LogP contribution < -0.4 is 0 Å². The van der Waals surface area contributed by atoms with Crippen molar-refractivity contribution in [2.45, 2.75) is 18.7 Å². The van der Waals surface area contributed by atoms with Gasteiger partial charge in [-0.15, -0.1) is 0 Å². The van der Waals surface area contributed by atoms with Crippen LogP contribution in [0.15, 0.2) is 65.6 Å². The number of ketones is 1. The van der Waals surface area contributed by atoms with Crippen LogP contribution in [0.25, 0.3) is 5.69 Å². The Morgan fingerprint density at radius 2 is 1.68 bits per heavy atom. The summed E-state index contributed by atoms with van der Waals surface area (Å²) in [6.45, 7) is 4.47. The molecule has 0 N–H and O–H groups in total. The number of morpholine rings is 1. The van der Waals surface area contributed by atoms with Gasteiger partial charge < -0.3 is 14.0 Å². The number of carbonyl (C=O) groups excluding carboxylic acids is 2. The van der Waals surface area contributed by atoms with Gasteiger partial charge in [0.2, 0.25) is 15.8 Å². The minimum absolute atomic E-state index is 0.00147. The lowest BCUT2D eigenvalue weighted by atomic mass is 10.1. The van der Waals surface area contributed by atoms with E-state index in [1.165, 1.54) is 28.6 Å². The molecule has 1 saturated heterocycles. The third-order valence-electron chi connectivity index (χ3n) is 5.76. The fraction of sp³-hybridized carbons (Fsp3) is 0.280. The number of hydrogen-bond acceptors (Lipinski definition) is 6. The molecule has 2 heterocycles. The number of rotatable bonds is 7. The number of esters is 1. The van der Waals surface area contributed by atoms with E-state index in [1.54, 1.807) is 6.07 Å². The van der Waals surface area contributed by atoms with E-state index in [-0.39, 0.29) is 29.3 Å². The lowest BCUT2D eigenvalue weighted by molar-refractivity contribution is 0.0474. The number of aromatic nitrogens is 1. The molecule has 3 aromatic rings. The van der Waals surface area contributed by atoms with Crippen LogP contribution in [0, 0.1) is 13.8 Å². The van der Waals surface area contributed by atoms with E-state index >= 15 is 0 Å². The quantitative estimate of drug-likeness (QED) is 0.379. The maximum atomic E-state index is 12.9. The van der Waals surface area contributed by atoms with Crippen molar-refractivity contribution >= 4 is 21.8 Å². The first-order chi connectivity index (χ1) is 16.3. The highest BCUT2D eigenvalue weighted by molar-refractivity contribution is 7.89. The molecule has 0 spiro atoms. The van der Waals surface area contributed by atoms with E-state index in [4.69, 9.17) is 9.47 Å². The smallest absolute Gasteiger partial charge is 0.338 e. The van der Waals surface area contributed by atoms with Crippen LogP contribution >= 0.6 is 0 Å². The number of para-hydroxylation sites is 1. The summed E-state index contributed by atoms with van der Waals surface area (Å²) >= 11 is 0. The Kier molecular flexibility index (Phi) is 6.97. The van der Waals surface area contributed by atoms with Crippen molar-refractivity contribution < 1.29 is 27.5 Å². The number of carbonyl (C=O) groups is 2. The van der Waals surface area contributed by atoms with Crippen LogP contribution in [0.3, 0.4) is 0 Å². The fourth-order valence-electron chi connectivity index (χ4n) is 4.03. The first-order valence-electron chi connectivity index (χ1n) is 10.9. The molecule has 1 aliphatic heterocycles. The van der Waals surface area contributed by atoms with Gasteiger partial charge in [-0.05, 0) is 50.2 Å².